The predicted octanol–water partition coefficient (Wildman–Crippen LogP) is 2.03. The number of allylic oxidation sites excluding steroid dienone is 4. The van der Waals surface area contributed by atoms with Crippen LogP contribution in [0.15, 0.2) is 33.5 Å². The van der Waals surface area contributed by atoms with Gasteiger partial charge in [0.1, 0.15) is 0 Å². The monoisotopic (exact) mass is 313 g/mol. The molecule has 0 unspecified atom stereocenters. The Morgan fingerprint density at radius 2 is 1.11 bits per heavy atom. The van der Waals surface area contributed by atoms with Gasteiger partial charge in [-0.05, 0) is 25.3 Å². The van der Waals surface area contributed by atoms with Crippen molar-refractivity contribution < 1.29 is 17.1 Å². The molecule has 0 aromatic carbocycles. The van der Waals surface area contributed by atoms with E-state index in [0.29, 0.717) is 0 Å². The van der Waals surface area contributed by atoms with Crippen LogP contribution in [0.5, 0.6) is 0 Å². The Kier molecular flexibility index (Phi) is 17.7. The number of nitrogens with zero attached hydrogens (tertiary/aromatic N) is 2. The molecule has 113 valence electrons. The molecule has 0 bridgehead atoms. The zero-order valence-corrected chi connectivity index (χ0v) is 13.7. The maximum absolute atomic E-state index is 3.94. The van der Waals surface area contributed by atoms with Gasteiger partial charge in [0, 0.05) is 28.2 Å². The van der Waals surface area contributed by atoms with Crippen molar-refractivity contribution in [1.82, 2.24) is 10.6 Å². The third kappa shape index (κ3) is 16.7. The summed E-state index contributed by atoms with van der Waals surface area (Å²) in [5.41, 5.74) is 3.74. The van der Waals surface area contributed by atoms with Crippen LogP contribution in [-0.4, -0.2) is 39.6 Å². The van der Waals surface area contributed by atoms with E-state index < -0.39 is 0 Å². The van der Waals surface area contributed by atoms with Gasteiger partial charge >= 0.3 is 17.1 Å². The molecular formula is C14H26CuN4. The first kappa shape index (κ1) is 22.8. The molecule has 0 amide bonds. The van der Waals surface area contributed by atoms with Crippen LogP contribution >= 0.6 is 0 Å². The molecule has 0 aromatic rings. The molecule has 2 N–H and O–H groups in total. The van der Waals surface area contributed by atoms with Crippen molar-refractivity contribution in [2.24, 2.45) is 9.98 Å². The van der Waals surface area contributed by atoms with Gasteiger partial charge in [-0.15, -0.1) is 11.4 Å². The van der Waals surface area contributed by atoms with Gasteiger partial charge in [-0.2, -0.15) is 12.2 Å². The molecule has 4 nitrogen and oxygen atoms in total. The zero-order chi connectivity index (χ0) is 14.6. The fourth-order valence-corrected chi connectivity index (χ4v) is 0.778. The van der Waals surface area contributed by atoms with Crippen LogP contribution in [0.25, 0.3) is 0 Å². The number of aliphatic imine (C=N–C) groups is 2. The molecule has 0 rings (SSSR count). The SMILES string of the molecule is [CH2-]C(=CC(C)=NC)NC.[CH2-]C(=CC(C)=NC)NC.[Cu+2]. The molecule has 0 aliphatic heterocycles. The minimum atomic E-state index is 0. The van der Waals surface area contributed by atoms with E-state index in [1.165, 1.54) is 0 Å². The Hall–Kier alpha value is -1.32. The van der Waals surface area contributed by atoms with Crippen molar-refractivity contribution >= 4 is 11.4 Å². The van der Waals surface area contributed by atoms with Crippen LogP contribution in [0.1, 0.15) is 13.8 Å². The third-order valence-corrected chi connectivity index (χ3v) is 2.11. The molecule has 0 aliphatic carbocycles. The van der Waals surface area contributed by atoms with Gasteiger partial charge in [0.2, 0.25) is 0 Å². The average Bonchev–Trinajstić information content (AvgIpc) is 2.38. The van der Waals surface area contributed by atoms with Gasteiger partial charge in [0.25, 0.3) is 0 Å². The summed E-state index contributed by atoms with van der Waals surface area (Å²) in [6.07, 6.45) is 3.78. The van der Waals surface area contributed by atoms with Gasteiger partial charge in [0.05, 0.1) is 0 Å². The summed E-state index contributed by atoms with van der Waals surface area (Å²) >= 11 is 0. The van der Waals surface area contributed by atoms with Crippen LogP contribution in [-0.2, 0) is 17.1 Å². The molecule has 0 saturated heterocycles. The largest absolute Gasteiger partial charge is 2.00 e. The van der Waals surface area contributed by atoms with Crippen molar-refractivity contribution in [2.75, 3.05) is 28.2 Å². The van der Waals surface area contributed by atoms with E-state index in [9.17, 15) is 0 Å². The fraction of sp³-hybridized carbons (Fsp3) is 0.429. The first-order valence-electron chi connectivity index (χ1n) is 5.70. The average molecular weight is 314 g/mol. The van der Waals surface area contributed by atoms with Crippen molar-refractivity contribution in [3.05, 3.63) is 37.4 Å². The van der Waals surface area contributed by atoms with E-state index in [1.807, 2.05) is 40.1 Å². The van der Waals surface area contributed by atoms with Gasteiger partial charge in [-0.1, -0.05) is 0 Å². The second-order valence-corrected chi connectivity index (χ2v) is 3.57. The van der Waals surface area contributed by atoms with E-state index in [0.717, 1.165) is 22.8 Å². The Balaban J connectivity index is -0.000000256. The van der Waals surface area contributed by atoms with E-state index in [2.05, 4.69) is 34.5 Å². The van der Waals surface area contributed by atoms with Crippen LogP contribution in [0.2, 0.25) is 0 Å². The first-order chi connectivity index (χ1) is 8.40. The minimum absolute atomic E-state index is 0. The molecule has 0 saturated carbocycles. The number of hydrogen-bond acceptors (Lipinski definition) is 4. The fourth-order valence-electron chi connectivity index (χ4n) is 0.778. The molecule has 0 aromatic heterocycles. The molecule has 0 heterocycles. The standard InChI is InChI=1S/2C7H13N2.Cu/c2*1-6(8-3)5-7(2)9-4;/h2*5,8H,1H2,2-4H3;/q2*-1;+2. The molecule has 0 atom stereocenters. The molecule has 19 heavy (non-hydrogen) atoms. The normalized spacial score (nSPS) is 12.9. The number of hydrogen-bond donors (Lipinski definition) is 2. The summed E-state index contributed by atoms with van der Waals surface area (Å²) in [4.78, 5) is 7.87. The number of rotatable bonds is 4. The summed E-state index contributed by atoms with van der Waals surface area (Å²) < 4.78 is 0. The zero-order valence-electron chi connectivity index (χ0n) is 12.8. The van der Waals surface area contributed by atoms with Crippen molar-refractivity contribution in [3.8, 4) is 0 Å². The van der Waals surface area contributed by atoms with E-state index in [4.69, 9.17) is 0 Å². The maximum Gasteiger partial charge on any atom is 2.00 e. The van der Waals surface area contributed by atoms with E-state index in [-0.39, 0.29) is 17.1 Å². The van der Waals surface area contributed by atoms with E-state index in [1.54, 1.807) is 14.1 Å². The first-order valence-corrected chi connectivity index (χ1v) is 5.70. The van der Waals surface area contributed by atoms with Gasteiger partial charge in [-0.25, -0.2) is 13.8 Å². The Bertz CT molecular complexity index is 307. The Morgan fingerprint density at radius 3 is 1.26 bits per heavy atom. The second-order valence-electron chi connectivity index (χ2n) is 3.57. The summed E-state index contributed by atoms with van der Waals surface area (Å²) in [6, 6.07) is 0. The summed E-state index contributed by atoms with van der Waals surface area (Å²) in [5.74, 6) is 0. The number of nitrogens with one attached hydrogen (secondary N) is 2. The van der Waals surface area contributed by atoms with Crippen LogP contribution in [0.4, 0.5) is 0 Å². The molecular weight excluding hydrogens is 288 g/mol. The smallest absolute Gasteiger partial charge is 0.421 e. The molecule has 5 heteroatoms. The van der Waals surface area contributed by atoms with Gasteiger partial charge in [-0.3, -0.25) is 0 Å². The Morgan fingerprint density at radius 1 is 0.842 bits per heavy atom. The quantitative estimate of drug-likeness (QED) is 0.474. The van der Waals surface area contributed by atoms with Crippen LogP contribution in [0, 0.1) is 13.8 Å². The van der Waals surface area contributed by atoms with Crippen molar-refractivity contribution in [2.45, 2.75) is 13.8 Å². The molecule has 0 fully saturated rings. The minimum Gasteiger partial charge on any atom is -0.421 e. The second kappa shape index (κ2) is 14.7. The van der Waals surface area contributed by atoms with E-state index >= 15 is 0 Å². The van der Waals surface area contributed by atoms with Crippen molar-refractivity contribution in [3.63, 3.8) is 0 Å². The van der Waals surface area contributed by atoms with Crippen LogP contribution < -0.4 is 10.6 Å². The van der Waals surface area contributed by atoms with Gasteiger partial charge in [0.15, 0.2) is 0 Å². The van der Waals surface area contributed by atoms with Crippen LogP contribution in [0.3, 0.4) is 0 Å². The third-order valence-electron chi connectivity index (χ3n) is 2.11. The summed E-state index contributed by atoms with van der Waals surface area (Å²) in [7, 11) is 7.19. The van der Waals surface area contributed by atoms with Crippen molar-refractivity contribution in [1.29, 1.82) is 0 Å². The maximum atomic E-state index is 3.94. The van der Waals surface area contributed by atoms with Gasteiger partial charge < -0.3 is 20.6 Å². The summed E-state index contributed by atoms with van der Waals surface area (Å²) in [6.45, 7) is 11.3. The molecule has 1 radical (unpaired) electrons. The Labute approximate surface area is 129 Å². The predicted molar refractivity (Wildman–Crippen MR) is 83.1 cm³/mol. The topological polar surface area (TPSA) is 48.8 Å². The molecule has 0 spiro atoms. The molecule has 0 aliphatic rings. The summed E-state index contributed by atoms with van der Waals surface area (Å²) in [5, 5.41) is 5.80.